The standard InChI is InChI=1S/C13H16N2O6/c16-11(17)8-10(12(18)19)15-13(20)14-6-7-21-9-4-2-1-3-5-9/h1-5,10H,6-8H2,(H,16,17)(H,18,19)(H2,14,15,20). The summed E-state index contributed by atoms with van der Waals surface area (Å²) in [5.74, 6) is -2.07. The number of hydrogen-bond acceptors (Lipinski definition) is 4. The van der Waals surface area contributed by atoms with Gasteiger partial charge in [-0.05, 0) is 12.1 Å². The van der Waals surface area contributed by atoms with Gasteiger partial charge in [-0.1, -0.05) is 18.2 Å². The van der Waals surface area contributed by atoms with Crippen LogP contribution >= 0.6 is 0 Å². The fourth-order valence-electron chi connectivity index (χ4n) is 1.43. The summed E-state index contributed by atoms with van der Waals surface area (Å²) in [5.41, 5.74) is 0. The van der Waals surface area contributed by atoms with Gasteiger partial charge in [0.25, 0.3) is 0 Å². The van der Waals surface area contributed by atoms with Crippen molar-refractivity contribution in [3.05, 3.63) is 30.3 Å². The highest BCUT2D eigenvalue weighted by Crippen LogP contribution is 2.07. The Morgan fingerprint density at radius 1 is 1.14 bits per heavy atom. The summed E-state index contributed by atoms with van der Waals surface area (Å²) in [6, 6.07) is 6.73. The minimum atomic E-state index is -1.47. The van der Waals surface area contributed by atoms with E-state index in [0.29, 0.717) is 5.75 Å². The molecule has 114 valence electrons. The molecule has 1 aromatic carbocycles. The molecule has 0 saturated carbocycles. The molecule has 0 saturated heterocycles. The summed E-state index contributed by atoms with van der Waals surface area (Å²) >= 11 is 0. The lowest BCUT2D eigenvalue weighted by Crippen LogP contribution is -2.47. The maximum absolute atomic E-state index is 11.4. The summed E-state index contributed by atoms with van der Waals surface area (Å²) < 4.78 is 5.32. The maximum atomic E-state index is 11.4. The largest absolute Gasteiger partial charge is 0.492 e. The van der Waals surface area contributed by atoms with Crippen LogP contribution in [-0.2, 0) is 9.59 Å². The molecule has 0 spiro atoms. The Balaban J connectivity index is 2.26. The van der Waals surface area contributed by atoms with Gasteiger partial charge in [-0.2, -0.15) is 0 Å². The Bertz CT molecular complexity index is 491. The molecule has 1 unspecified atom stereocenters. The Labute approximate surface area is 120 Å². The second-order valence-electron chi connectivity index (χ2n) is 4.05. The molecule has 0 aromatic heterocycles. The Morgan fingerprint density at radius 2 is 1.81 bits per heavy atom. The topological polar surface area (TPSA) is 125 Å². The van der Waals surface area contributed by atoms with Crippen molar-refractivity contribution in [1.29, 1.82) is 0 Å². The summed E-state index contributed by atoms with van der Waals surface area (Å²) in [7, 11) is 0. The van der Waals surface area contributed by atoms with Crippen molar-refractivity contribution < 1.29 is 29.3 Å². The van der Waals surface area contributed by atoms with E-state index in [-0.39, 0.29) is 13.2 Å². The third-order valence-electron chi connectivity index (χ3n) is 2.38. The van der Waals surface area contributed by atoms with E-state index in [4.69, 9.17) is 14.9 Å². The lowest BCUT2D eigenvalue weighted by molar-refractivity contribution is -0.145. The first kappa shape index (κ1) is 16.3. The van der Waals surface area contributed by atoms with Crippen LogP contribution in [0.3, 0.4) is 0 Å². The van der Waals surface area contributed by atoms with Crippen molar-refractivity contribution >= 4 is 18.0 Å². The molecule has 0 radical (unpaired) electrons. The smallest absolute Gasteiger partial charge is 0.326 e. The summed E-state index contributed by atoms with van der Waals surface area (Å²) in [6.45, 7) is 0.355. The van der Waals surface area contributed by atoms with E-state index in [0.717, 1.165) is 0 Å². The van der Waals surface area contributed by atoms with E-state index in [9.17, 15) is 14.4 Å². The number of benzene rings is 1. The number of amides is 2. The number of ether oxygens (including phenoxy) is 1. The molecule has 0 heterocycles. The molecule has 0 fully saturated rings. The molecule has 0 bridgehead atoms. The highest BCUT2D eigenvalue weighted by Gasteiger charge is 2.22. The number of carboxylic acid groups (broad SMARTS) is 2. The third-order valence-corrected chi connectivity index (χ3v) is 2.38. The van der Waals surface area contributed by atoms with Crippen LogP contribution in [0.4, 0.5) is 4.79 Å². The predicted octanol–water partition coefficient (Wildman–Crippen LogP) is 0.292. The van der Waals surface area contributed by atoms with Gasteiger partial charge < -0.3 is 25.6 Å². The summed E-state index contributed by atoms with van der Waals surface area (Å²) in [6.07, 6.45) is -0.691. The van der Waals surface area contributed by atoms with Gasteiger partial charge in [0.1, 0.15) is 18.4 Å². The monoisotopic (exact) mass is 296 g/mol. The quantitative estimate of drug-likeness (QED) is 0.511. The second-order valence-corrected chi connectivity index (χ2v) is 4.05. The molecule has 2 amide bonds. The molecule has 0 aliphatic heterocycles. The first-order valence-electron chi connectivity index (χ1n) is 6.16. The summed E-state index contributed by atoms with van der Waals surface area (Å²) in [5, 5.41) is 21.7. The molecular formula is C13H16N2O6. The fraction of sp³-hybridized carbons (Fsp3) is 0.308. The normalized spacial score (nSPS) is 11.2. The zero-order valence-electron chi connectivity index (χ0n) is 11.1. The Kier molecular flexibility index (Phi) is 6.52. The van der Waals surface area contributed by atoms with Gasteiger partial charge in [-0.3, -0.25) is 4.79 Å². The van der Waals surface area contributed by atoms with Crippen molar-refractivity contribution in [2.45, 2.75) is 12.5 Å². The maximum Gasteiger partial charge on any atom is 0.326 e. The zero-order valence-corrected chi connectivity index (χ0v) is 11.1. The van der Waals surface area contributed by atoms with E-state index in [1.807, 2.05) is 6.07 Å². The van der Waals surface area contributed by atoms with Gasteiger partial charge in [0.05, 0.1) is 13.0 Å². The van der Waals surface area contributed by atoms with Crippen LogP contribution in [0.5, 0.6) is 5.75 Å². The molecular weight excluding hydrogens is 280 g/mol. The number of aliphatic carboxylic acids is 2. The van der Waals surface area contributed by atoms with Crippen LogP contribution < -0.4 is 15.4 Å². The van der Waals surface area contributed by atoms with Crippen LogP contribution in [0.25, 0.3) is 0 Å². The van der Waals surface area contributed by atoms with E-state index in [2.05, 4.69) is 10.6 Å². The van der Waals surface area contributed by atoms with Crippen molar-refractivity contribution in [3.63, 3.8) is 0 Å². The molecule has 4 N–H and O–H groups in total. The number of carbonyl (C=O) groups excluding carboxylic acids is 1. The van der Waals surface area contributed by atoms with Gasteiger partial charge >= 0.3 is 18.0 Å². The van der Waals surface area contributed by atoms with E-state index >= 15 is 0 Å². The van der Waals surface area contributed by atoms with E-state index < -0.39 is 30.4 Å². The molecule has 0 aliphatic rings. The predicted molar refractivity (Wildman–Crippen MR) is 72.1 cm³/mol. The van der Waals surface area contributed by atoms with Crippen molar-refractivity contribution in [3.8, 4) is 5.75 Å². The third kappa shape index (κ3) is 6.81. The molecule has 0 aliphatic carbocycles. The number of hydrogen-bond donors (Lipinski definition) is 4. The number of nitrogens with one attached hydrogen (secondary N) is 2. The average Bonchev–Trinajstić information content (AvgIpc) is 2.43. The van der Waals surface area contributed by atoms with Crippen LogP contribution in [0, 0.1) is 0 Å². The van der Waals surface area contributed by atoms with Gasteiger partial charge in [0.2, 0.25) is 0 Å². The number of rotatable bonds is 8. The fourth-order valence-corrected chi connectivity index (χ4v) is 1.43. The van der Waals surface area contributed by atoms with Gasteiger partial charge in [-0.25, -0.2) is 9.59 Å². The number of carboxylic acids is 2. The van der Waals surface area contributed by atoms with Crippen LogP contribution in [-0.4, -0.2) is 47.4 Å². The number of carbonyl (C=O) groups is 3. The van der Waals surface area contributed by atoms with E-state index in [1.54, 1.807) is 24.3 Å². The first-order valence-corrected chi connectivity index (χ1v) is 6.16. The van der Waals surface area contributed by atoms with Crippen LogP contribution in [0.15, 0.2) is 30.3 Å². The Morgan fingerprint density at radius 3 is 2.38 bits per heavy atom. The minimum absolute atomic E-state index is 0.153. The van der Waals surface area contributed by atoms with Gasteiger partial charge in [-0.15, -0.1) is 0 Å². The summed E-state index contributed by atoms with van der Waals surface area (Å²) in [4.78, 5) is 32.6. The zero-order chi connectivity index (χ0) is 15.7. The van der Waals surface area contributed by atoms with Crippen molar-refractivity contribution in [2.24, 2.45) is 0 Å². The van der Waals surface area contributed by atoms with Crippen LogP contribution in [0.2, 0.25) is 0 Å². The lowest BCUT2D eigenvalue weighted by Gasteiger charge is -2.13. The SMILES string of the molecule is O=C(O)CC(NC(=O)NCCOc1ccccc1)C(=O)O. The van der Waals surface area contributed by atoms with Gasteiger partial charge in [0, 0.05) is 0 Å². The average molecular weight is 296 g/mol. The van der Waals surface area contributed by atoms with Crippen molar-refractivity contribution in [1.82, 2.24) is 10.6 Å². The van der Waals surface area contributed by atoms with Crippen molar-refractivity contribution in [2.75, 3.05) is 13.2 Å². The molecule has 21 heavy (non-hydrogen) atoms. The number of para-hydroxylation sites is 1. The molecule has 1 aromatic rings. The molecule has 1 atom stereocenters. The first-order chi connectivity index (χ1) is 9.99. The second kappa shape index (κ2) is 8.41. The Hall–Kier alpha value is -2.77. The van der Waals surface area contributed by atoms with E-state index in [1.165, 1.54) is 0 Å². The highest BCUT2D eigenvalue weighted by atomic mass is 16.5. The lowest BCUT2D eigenvalue weighted by atomic mass is 10.2. The minimum Gasteiger partial charge on any atom is -0.492 e. The molecule has 8 heteroatoms. The molecule has 8 nitrogen and oxygen atoms in total. The number of urea groups is 1. The highest BCUT2D eigenvalue weighted by molar-refractivity contribution is 5.86. The van der Waals surface area contributed by atoms with Gasteiger partial charge in [0.15, 0.2) is 0 Å². The van der Waals surface area contributed by atoms with Crippen LogP contribution in [0.1, 0.15) is 6.42 Å². The molecule has 1 rings (SSSR count).